The van der Waals surface area contributed by atoms with Crippen LogP contribution in [0.25, 0.3) is 10.9 Å². The Bertz CT molecular complexity index is 1850. The van der Waals surface area contributed by atoms with Crippen LogP contribution in [0.1, 0.15) is 43.7 Å². The van der Waals surface area contributed by atoms with Crippen LogP contribution in [0.2, 0.25) is 0 Å². The first-order chi connectivity index (χ1) is 19.4. The predicted molar refractivity (Wildman–Crippen MR) is 152 cm³/mol. The average molecular weight is 575 g/mol. The molecule has 0 radical (unpaired) electrons. The maximum absolute atomic E-state index is 13.0. The molecule has 5 aromatic rings. The highest BCUT2D eigenvalue weighted by Crippen LogP contribution is 2.33. The highest BCUT2D eigenvalue weighted by molar-refractivity contribution is 7.90. The first-order valence-corrected chi connectivity index (χ1v) is 14.6. The summed E-state index contributed by atoms with van der Waals surface area (Å²) < 4.78 is 39.3. The van der Waals surface area contributed by atoms with Crippen LogP contribution in [0.3, 0.4) is 0 Å². The van der Waals surface area contributed by atoms with Crippen molar-refractivity contribution in [3.8, 4) is 11.5 Å². The van der Waals surface area contributed by atoms with Crippen molar-refractivity contribution in [1.29, 1.82) is 0 Å². The van der Waals surface area contributed by atoms with Crippen LogP contribution < -0.4 is 10.1 Å². The second-order valence-corrected chi connectivity index (χ2v) is 12.7. The van der Waals surface area contributed by atoms with E-state index in [1.165, 1.54) is 12.1 Å². The maximum atomic E-state index is 13.0. The number of nitrogens with zero attached hydrogens (tertiary/aromatic N) is 5. The lowest BCUT2D eigenvalue weighted by Crippen LogP contribution is -2.22. The molecule has 3 heterocycles. The van der Waals surface area contributed by atoms with Crippen LogP contribution in [0, 0.1) is 13.8 Å². The summed E-state index contributed by atoms with van der Waals surface area (Å²) in [5.41, 5.74) is 2.67. The number of nitrogens with one attached hydrogen (secondary N) is 1. The molecule has 5 rings (SSSR count). The lowest BCUT2D eigenvalue weighted by molar-refractivity contribution is -0.115. The van der Waals surface area contributed by atoms with Crippen molar-refractivity contribution in [3.63, 3.8) is 0 Å². The van der Waals surface area contributed by atoms with E-state index in [0.29, 0.717) is 34.0 Å². The molecule has 3 aromatic heterocycles. The van der Waals surface area contributed by atoms with Gasteiger partial charge in [0.1, 0.15) is 17.3 Å². The summed E-state index contributed by atoms with van der Waals surface area (Å²) in [6, 6.07) is 11.8. The highest BCUT2D eigenvalue weighted by atomic mass is 32.2. The van der Waals surface area contributed by atoms with Crippen LogP contribution in [0.5, 0.6) is 11.5 Å². The van der Waals surface area contributed by atoms with Crippen molar-refractivity contribution >= 4 is 32.3 Å². The van der Waals surface area contributed by atoms with Gasteiger partial charge in [-0.15, -0.1) is 10.2 Å². The lowest BCUT2D eigenvalue weighted by atomic mass is 10.1. The minimum Gasteiger partial charge on any atom is -0.456 e. The molecular formula is C29H30N6O5S. The number of hydrogen-bond acceptors (Lipinski definition) is 9. The molecule has 0 unspecified atom stereocenters. The van der Waals surface area contributed by atoms with Crippen LogP contribution in [-0.2, 0) is 32.3 Å². The van der Waals surface area contributed by atoms with E-state index >= 15 is 0 Å². The number of sulfone groups is 1. The average Bonchev–Trinajstić information content (AvgIpc) is 3.54. The van der Waals surface area contributed by atoms with Gasteiger partial charge in [0.25, 0.3) is 0 Å². The van der Waals surface area contributed by atoms with E-state index in [2.05, 4.69) is 25.6 Å². The molecule has 41 heavy (non-hydrogen) atoms. The molecule has 1 amide bonds. The van der Waals surface area contributed by atoms with Gasteiger partial charge < -0.3 is 14.5 Å². The summed E-state index contributed by atoms with van der Waals surface area (Å²) in [5.74, 6) is 0.769. The van der Waals surface area contributed by atoms with Gasteiger partial charge in [0, 0.05) is 24.7 Å². The molecule has 0 aliphatic rings. The number of fused-ring (bicyclic) bond motifs is 1. The van der Waals surface area contributed by atoms with Gasteiger partial charge in [-0.05, 0) is 69.2 Å². The second-order valence-electron chi connectivity index (χ2n) is 10.7. The minimum atomic E-state index is -3.76. The monoisotopic (exact) mass is 574 g/mol. The normalized spacial score (nSPS) is 12.0. The summed E-state index contributed by atoms with van der Waals surface area (Å²) in [6.45, 7) is 9.59. The van der Waals surface area contributed by atoms with Crippen molar-refractivity contribution in [2.75, 3.05) is 5.32 Å². The maximum Gasteiger partial charge on any atom is 0.231 e. The largest absolute Gasteiger partial charge is 0.456 e. The molecule has 0 aliphatic heterocycles. The minimum absolute atomic E-state index is 0.0228. The summed E-state index contributed by atoms with van der Waals surface area (Å²) in [6.07, 6.45) is 5.22. The predicted octanol–water partition coefficient (Wildman–Crippen LogP) is 5.13. The molecule has 0 saturated carbocycles. The third-order valence-corrected chi connectivity index (χ3v) is 7.89. The summed E-state index contributed by atoms with van der Waals surface area (Å²) in [7, 11) is -3.76. The van der Waals surface area contributed by atoms with Gasteiger partial charge in [0.05, 0.1) is 34.3 Å². The fraction of sp³-hybridized carbons (Fsp3) is 0.276. The quantitative estimate of drug-likeness (QED) is 0.267. The number of benzene rings is 2. The topological polar surface area (TPSA) is 142 Å². The Morgan fingerprint density at radius 2 is 1.85 bits per heavy atom. The van der Waals surface area contributed by atoms with Gasteiger partial charge in [-0.1, -0.05) is 12.1 Å². The Hall–Kier alpha value is -4.58. The van der Waals surface area contributed by atoms with E-state index in [4.69, 9.17) is 9.15 Å². The Kier molecular flexibility index (Phi) is 7.35. The van der Waals surface area contributed by atoms with Crippen LogP contribution in [-0.4, -0.2) is 39.3 Å². The number of ether oxygens (including phenoxy) is 1. The molecule has 0 spiro atoms. The summed E-state index contributed by atoms with van der Waals surface area (Å²) >= 11 is 0. The molecule has 0 aliphatic carbocycles. The Labute approximate surface area is 237 Å². The molecule has 12 heteroatoms. The lowest BCUT2D eigenvalue weighted by Gasteiger charge is -2.18. The molecular weight excluding hydrogens is 544 g/mol. The van der Waals surface area contributed by atoms with E-state index in [0.717, 1.165) is 11.1 Å². The van der Waals surface area contributed by atoms with E-state index in [1.54, 1.807) is 42.2 Å². The number of amides is 1. The molecule has 1 N–H and O–H groups in total. The van der Waals surface area contributed by atoms with Crippen molar-refractivity contribution in [2.45, 2.75) is 57.2 Å². The third-order valence-electron chi connectivity index (χ3n) is 6.29. The zero-order chi connectivity index (χ0) is 29.4. The standard InChI is InChI=1S/C29H30N6O5S/c1-18-12-20(13-27(36)32-21-15-31-35(16-21)29(3,4)5)6-9-25(18)40-26-10-11-30-24-8-7-22(14-23(24)26)41(37,38)17-28-34-33-19(2)39-28/h6-12,14-16H,13,17H2,1-5H3,(H,32,36). The number of hydrogen-bond donors (Lipinski definition) is 1. The Morgan fingerprint density at radius 1 is 1.05 bits per heavy atom. The zero-order valence-electron chi connectivity index (χ0n) is 23.4. The van der Waals surface area contributed by atoms with Gasteiger partial charge >= 0.3 is 0 Å². The van der Waals surface area contributed by atoms with Crippen molar-refractivity contribution in [1.82, 2.24) is 25.0 Å². The number of rotatable bonds is 8. The molecule has 11 nitrogen and oxygen atoms in total. The van der Waals surface area contributed by atoms with Gasteiger partial charge in [-0.25, -0.2) is 8.42 Å². The number of carbonyl (C=O) groups excluding carboxylic acids is 1. The van der Waals surface area contributed by atoms with Gasteiger partial charge in [0.2, 0.25) is 17.7 Å². The first-order valence-electron chi connectivity index (χ1n) is 12.9. The number of aromatic nitrogens is 5. The Balaban J connectivity index is 1.32. The third kappa shape index (κ3) is 6.43. The van der Waals surface area contributed by atoms with Crippen LogP contribution >= 0.6 is 0 Å². The van der Waals surface area contributed by atoms with E-state index in [-0.39, 0.29) is 28.7 Å². The number of aryl methyl sites for hydroxylation is 2. The molecule has 0 atom stereocenters. The van der Waals surface area contributed by atoms with Gasteiger partial charge in [-0.2, -0.15) is 5.10 Å². The molecule has 0 saturated heterocycles. The summed E-state index contributed by atoms with van der Waals surface area (Å²) in [4.78, 5) is 17.1. The highest BCUT2D eigenvalue weighted by Gasteiger charge is 2.21. The van der Waals surface area contributed by atoms with Crippen LogP contribution in [0.4, 0.5) is 5.69 Å². The van der Waals surface area contributed by atoms with Gasteiger partial charge in [0.15, 0.2) is 9.84 Å². The number of pyridine rings is 1. The van der Waals surface area contributed by atoms with Crippen molar-refractivity contribution < 1.29 is 22.4 Å². The second kappa shape index (κ2) is 10.8. The smallest absolute Gasteiger partial charge is 0.231 e. The molecule has 0 bridgehead atoms. The zero-order valence-corrected chi connectivity index (χ0v) is 24.2. The van der Waals surface area contributed by atoms with Gasteiger partial charge in [-0.3, -0.25) is 14.5 Å². The molecule has 0 fully saturated rings. The van der Waals surface area contributed by atoms with Crippen LogP contribution in [0.15, 0.2) is 70.4 Å². The summed E-state index contributed by atoms with van der Waals surface area (Å²) in [5, 5.41) is 15.2. The fourth-order valence-electron chi connectivity index (χ4n) is 4.22. The number of anilines is 1. The SMILES string of the molecule is Cc1nnc(CS(=O)(=O)c2ccc3nccc(Oc4ccc(CC(=O)Nc5cnn(C(C)(C)C)c5)cc4C)c3c2)o1. The van der Waals surface area contributed by atoms with Crippen molar-refractivity contribution in [3.05, 3.63) is 84.0 Å². The van der Waals surface area contributed by atoms with E-state index in [9.17, 15) is 13.2 Å². The first kappa shape index (κ1) is 28.0. The van der Waals surface area contributed by atoms with Crippen molar-refractivity contribution in [2.24, 2.45) is 0 Å². The Morgan fingerprint density at radius 3 is 2.54 bits per heavy atom. The van der Waals surface area contributed by atoms with E-state index < -0.39 is 15.6 Å². The fourth-order valence-corrected chi connectivity index (χ4v) is 5.40. The molecule has 2 aromatic carbocycles. The number of carbonyl (C=O) groups is 1. The molecule has 212 valence electrons. The van der Waals surface area contributed by atoms with E-state index in [1.807, 2.05) is 46.0 Å².